The molecule has 0 saturated carbocycles. The van der Waals surface area contributed by atoms with Crippen LogP contribution >= 0.6 is 27.3 Å². The number of hydrogen-bond acceptors (Lipinski definition) is 5. The van der Waals surface area contributed by atoms with E-state index in [0.717, 1.165) is 8.66 Å². The van der Waals surface area contributed by atoms with E-state index in [0.29, 0.717) is 19.7 Å². The summed E-state index contributed by atoms with van der Waals surface area (Å²) < 4.78 is 5.85. The van der Waals surface area contributed by atoms with Gasteiger partial charge < -0.3 is 10.1 Å². The highest BCUT2D eigenvalue weighted by molar-refractivity contribution is 9.11. The average molecular weight is 364 g/mol. The summed E-state index contributed by atoms with van der Waals surface area (Å²) in [5.41, 5.74) is 0. The normalized spacial score (nSPS) is 10.6. The Morgan fingerprint density at radius 2 is 2.20 bits per heavy atom. The molecule has 1 aromatic heterocycles. The summed E-state index contributed by atoms with van der Waals surface area (Å²) in [5, 5.41) is 4.79. The molecule has 0 aliphatic heterocycles. The second-order valence-corrected chi connectivity index (χ2v) is 6.72. The van der Waals surface area contributed by atoms with Crippen LogP contribution in [0, 0.1) is 0 Å². The Kier molecular flexibility index (Phi) is 7.75. The number of halogens is 1. The maximum Gasteiger partial charge on any atom is 0.321 e. The lowest BCUT2D eigenvalue weighted by Gasteiger charge is -2.15. The molecule has 3 amide bonds. The summed E-state index contributed by atoms with van der Waals surface area (Å²) in [6, 6.07) is 3.47. The van der Waals surface area contributed by atoms with Crippen LogP contribution in [0.1, 0.15) is 4.88 Å². The van der Waals surface area contributed by atoms with Crippen molar-refractivity contribution < 1.29 is 14.3 Å². The number of methoxy groups -OCH3 is 1. The number of rotatable bonds is 7. The molecule has 1 heterocycles. The van der Waals surface area contributed by atoms with Gasteiger partial charge in [-0.15, -0.1) is 11.3 Å². The number of likely N-dealkylation sites (N-methyl/N-ethyl adjacent to an activating group) is 1. The van der Waals surface area contributed by atoms with Crippen LogP contribution in [0.5, 0.6) is 0 Å². The first-order valence-corrected chi connectivity index (χ1v) is 7.61. The third-order valence-corrected chi connectivity index (χ3v) is 3.92. The first-order chi connectivity index (χ1) is 9.51. The number of thiophene rings is 1. The zero-order valence-electron chi connectivity index (χ0n) is 11.4. The molecule has 2 N–H and O–H groups in total. The molecule has 1 aromatic rings. The molecule has 0 aromatic carbocycles. The lowest BCUT2D eigenvalue weighted by molar-refractivity contribution is -0.120. The van der Waals surface area contributed by atoms with Crippen molar-refractivity contribution in [2.75, 3.05) is 33.9 Å². The van der Waals surface area contributed by atoms with Crippen LogP contribution in [0.15, 0.2) is 15.9 Å². The number of imide groups is 1. The fourth-order valence-electron chi connectivity index (χ4n) is 1.48. The number of urea groups is 1. The Balaban J connectivity index is 2.25. The monoisotopic (exact) mass is 363 g/mol. The van der Waals surface area contributed by atoms with Gasteiger partial charge in [0.1, 0.15) is 0 Å². The topological polar surface area (TPSA) is 70.7 Å². The predicted octanol–water partition coefficient (Wildman–Crippen LogP) is 1.41. The fourth-order valence-corrected chi connectivity index (χ4v) is 3.04. The van der Waals surface area contributed by atoms with Gasteiger partial charge in [-0.3, -0.25) is 15.0 Å². The van der Waals surface area contributed by atoms with E-state index in [2.05, 4.69) is 26.6 Å². The molecule has 0 fully saturated rings. The zero-order valence-corrected chi connectivity index (χ0v) is 13.8. The molecule has 6 nitrogen and oxygen atoms in total. The van der Waals surface area contributed by atoms with Crippen molar-refractivity contribution in [2.24, 2.45) is 0 Å². The van der Waals surface area contributed by atoms with Gasteiger partial charge in [-0.1, -0.05) is 0 Å². The first-order valence-electron chi connectivity index (χ1n) is 6.00. The van der Waals surface area contributed by atoms with Crippen molar-refractivity contribution in [1.29, 1.82) is 0 Å². The van der Waals surface area contributed by atoms with Crippen LogP contribution in [0.3, 0.4) is 0 Å². The van der Waals surface area contributed by atoms with E-state index in [9.17, 15) is 9.59 Å². The van der Waals surface area contributed by atoms with E-state index in [1.165, 1.54) is 0 Å². The molecule has 0 atom stereocenters. The Labute approximate surface area is 130 Å². The third-order valence-electron chi connectivity index (χ3n) is 2.31. The number of carbonyl (C=O) groups is 2. The van der Waals surface area contributed by atoms with Crippen LogP contribution in [-0.2, 0) is 16.1 Å². The fraction of sp³-hybridized carbons (Fsp3) is 0.500. The van der Waals surface area contributed by atoms with Crippen LogP contribution in [0.4, 0.5) is 4.79 Å². The summed E-state index contributed by atoms with van der Waals surface area (Å²) in [6.45, 7) is 1.60. The van der Waals surface area contributed by atoms with Crippen molar-refractivity contribution in [3.8, 4) is 0 Å². The molecule has 112 valence electrons. The molecule has 0 bridgehead atoms. The van der Waals surface area contributed by atoms with Crippen molar-refractivity contribution in [1.82, 2.24) is 15.5 Å². The summed E-state index contributed by atoms with van der Waals surface area (Å²) >= 11 is 5.01. The van der Waals surface area contributed by atoms with Crippen molar-refractivity contribution in [2.45, 2.75) is 6.54 Å². The van der Waals surface area contributed by atoms with Gasteiger partial charge in [0.2, 0.25) is 5.91 Å². The van der Waals surface area contributed by atoms with E-state index in [4.69, 9.17) is 4.74 Å². The van der Waals surface area contributed by atoms with E-state index in [1.54, 1.807) is 18.4 Å². The summed E-state index contributed by atoms with van der Waals surface area (Å²) in [5.74, 6) is -0.335. The summed E-state index contributed by atoms with van der Waals surface area (Å²) in [4.78, 5) is 26.0. The summed E-state index contributed by atoms with van der Waals surface area (Å²) in [6.07, 6.45) is 0. The highest BCUT2D eigenvalue weighted by Crippen LogP contribution is 2.22. The van der Waals surface area contributed by atoms with E-state index >= 15 is 0 Å². The van der Waals surface area contributed by atoms with Crippen LogP contribution in [0.25, 0.3) is 0 Å². The highest BCUT2D eigenvalue weighted by atomic mass is 79.9. The number of hydrogen-bond donors (Lipinski definition) is 2. The van der Waals surface area contributed by atoms with Crippen LogP contribution < -0.4 is 10.6 Å². The molecule has 0 aliphatic carbocycles. The molecule has 1 rings (SSSR count). The van der Waals surface area contributed by atoms with Gasteiger partial charge in [0.15, 0.2) is 0 Å². The zero-order chi connectivity index (χ0) is 15.0. The molecule has 0 radical (unpaired) electrons. The quantitative estimate of drug-likeness (QED) is 0.718. The SMILES string of the molecule is COCCNC(=O)NC(=O)CN(C)Cc1ccc(Br)s1. The molecular formula is C12H18BrN3O3S. The standard InChI is InChI=1S/C12H18BrN3O3S/c1-16(7-9-3-4-10(13)20-9)8-11(17)15-12(18)14-5-6-19-2/h3-4H,5-8H2,1-2H3,(H2,14,15,17,18). The number of nitrogens with one attached hydrogen (secondary N) is 2. The minimum Gasteiger partial charge on any atom is -0.383 e. The van der Waals surface area contributed by atoms with Crippen LogP contribution in [-0.4, -0.2) is 50.7 Å². The lowest BCUT2D eigenvalue weighted by Crippen LogP contribution is -2.44. The van der Waals surface area contributed by atoms with Gasteiger partial charge in [-0.2, -0.15) is 0 Å². The second kappa shape index (κ2) is 9.06. The number of ether oxygens (including phenoxy) is 1. The van der Waals surface area contributed by atoms with Gasteiger partial charge in [0.25, 0.3) is 0 Å². The Morgan fingerprint density at radius 1 is 1.45 bits per heavy atom. The summed E-state index contributed by atoms with van der Waals surface area (Å²) in [7, 11) is 3.37. The first kappa shape index (κ1) is 17.1. The van der Waals surface area contributed by atoms with Crippen molar-refractivity contribution in [3.63, 3.8) is 0 Å². The number of amides is 3. The van der Waals surface area contributed by atoms with Crippen LogP contribution in [0.2, 0.25) is 0 Å². The van der Waals surface area contributed by atoms with E-state index < -0.39 is 6.03 Å². The largest absolute Gasteiger partial charge is 0.383 e. The third kappa shape index (κ3) is 6.99. The Bertz CT molecular complexity index is 453. The smallest absolute Gasteiger partial charge is 0.321 e. The van der Waals surface area contributed by atoms with Gasteiger partial charge in [0, 0.05) is 25.1 Å². The predicted molar refractivity (Wildman–Crippen MR) is 81.8 cm³/mol. The molecule has 0 spiro atoms. The minimum absolute atomic E-state index is 0.160. The molecule has 0 aliphatic rings. The molecule has 8 heteroatoms. The van der Waals surface area contributed by atoms with Gasteiger partial charge >= 0.3 is 6.03 Å². The highest BCUT2D eigenvalue weighted by Gasteiger charge is 2.11. The average Bonchev–Trinajstić information content (AvgIpc) is 2.74. The van der Waals surface area contributed by atoms with E-state index in [-0.39, 0.29) is 12.5 Å². The van der Waals surface area contributed by atoms with Crippen molar-refractivity contribution >= 4 is 39.2 Å². The molecular weight excluding hydrogens is 346 g/mol. The van der Waals surface area contributed by atoms with Crippen molar-refractivity contribution in [3.05, 3.63) is 20.8 Å². The van der Waals surface area contributed by atoms with Gasteiger partial charge in [-0.05, 0) is 35.1 Å². The van der Waals surface area contributed by atoms with Gasteiger partial charge in [0.05, 0.1) is 16.9 Å². The maximum absolute atomic E-state index is 11.6. The number of carbonyl (C=O) groups excluding carboxylic acids is 2. The molecule has 20 heavy (non-hydrogen) atoms. The maximum atomic E-state index is 11.6. The van der Waals surface area contributed by atoms with Gasteiger partial charge in [-0.25, -0.2) is 4.79 Å². The Hall–Kier alpha value is -0.960. The van der Waals surface area contributed by atoms with E-state index in [1.807, 2.05) is 24.1 Å². The molecule has 0 unspecified atom stereocenters. The lowest BCUT2D eigenvalue weighted by atomic mass is 10.4. The number of nitrogens with zero attached hydrogens (tertiary/aromatic N) is 1. The minimum atomic E-state index is -0.501. The molecule has 0 saturated heterocycles. The Morgan fingerprint density at radius 3 is 2.80 bits per heavy atom. The second-order valence-electron chi connectivity index (χ2n) is 4.17.